The predicted octanol–water partition coefficient (Wildman–Crippen LogP) is 2.73. The van der Waals surface area contributed by atoms with Crippen LogP contribution in [-0.4, -0.2) is 30.7 Å². The van der Waals surface area contributed by atoms with Crippen molar-refractivity contribution in [2.24, 2.45) is 0 Å². The molecular weight excluding hydrogens is 286 g/mol. The number of piperidine rings is 1. The second-order valence-corrected chi connectivity index (χ2v) is 6.62. The predicted molar refractivity (Wildman–Crippen MR) is 84.9 cm³/mol. The Morgan fingerprint density at radius 1 is 1.33 bits per heavy atom. The first-order valence-electron chi connectivity index (χ1n) is 7.80. The molecule has 2 rings (SSSR count). The van der Waals surface area contributed by atoms with E-state index >= 15 is 0 Å². The molecule has 1 N–H and O–H groups in total. The molecule has 3 atom stereocenters. The van der Waals surface area contributed by atoms with Crippen LogP contribution >= 0.6 is 11.6 Å². The van der Waals surface area contributed by atoms with Crippen LogP contribution in [0, 0.1) is 0 Å². The monoisotopic (exact) mass is 310 g/mol. The molecule has 1 aliphatic rings. The van der Waals surface area contributed by atoms with Gasteiger partial charge >= 0.3 is 5.97 Å². The Balaban J connectivity index is 1.93. The zero-order valence-electron chi connectivity index (χ0n) is 13.1. The normalized spacial score (nSPS) is 24.6. The van der Waals surface area contributed by atoms with Gasteiger partial charge in [-0.2, -0.15) is 0 Å². The number of esters is 1. The fourth-order valence-electron chi connectivity index (χ4n) is 3.24. The average molecular weight is 311 g/mol. The van der Waals surface area contributed by atoms with Gasteiger partial charge in [0, 0.05) is 0 Å². The Hall–Kier alpha value is -1.06. The second kappa shape index (κ2) is 7.28. The summed E-state index contributed by atoms with van der Waals surface area (Å²) in [6.45, 7) is 7.40. The van der Waals surface area contributed by atoms with Gasteiger partial charge in [-0.1, -0.05) is 23.7 Å². The van der Waals surface area contributed by atoms with Crippen molar-refractivity contribution in [1.82, 2.24) is 0 Å². The maximum Gasteiger partial charge on any atom is 0.340 e. The van der Waals surface area contributed by atoms with Crippen LogP contribution in [0.2, 0.25) is 5.02 Å². The van der Waals surface area contributed by atoms with E-state index in [1.54, 1.807) is 23.1 Å². The Labute approximate surface area is 132 Å². The van der Waals surface area contributed by atoms with Gasteiger partial charge in [0.25, 0.3) is 0 Å². The smallest absolute Gasteiger partial charge is 0.340 e. The molecule has 0 radical (unpaired) electrons. The highest BCUT2D eigenvalue weighted by atomic mass is 35.5. The number of hydrogen-bond donors (Lipinski definition) is 1. The summed E-state index contributed by atoms with van der Waals surface area (Å²) in [6, 6.07) is 8.29. The Bertz CT molecular complexity index is 481. The largest absolute Gasteiger partial charge is 0.453 e. The van der Waals surface area contributed by atoms with E-state index in [0.29, 0.717) is 22.7 Å². The third-order valence-electron chi connectivity index (χ3n) is 4.47. The van der Waals surface area contributed by atoms with E-state index in [-0.39, 0.29) is 12.1 Å². The first-order valence-corrected chi connectivity index (χ1v) is 8.18. The first kappa shape index (κ1) is 16.3. The highest BCUT2D eigenvalue weighted by Gasteiger charge is 2.30. The summed E-state index contributed by atoms with van der Waals surface area (Å²) < 4.78 is 5.57. The lowest BCUT2D eigenvalue weighted by molar-refractivity contribution is -0.953. The number of hydrogen-bond acceptors (Lipinski definition) is 2. The minimum absolute atomic E-state index is 0.105. The van der Waals surface area contributed by atoms with E-state index in [1.807, 2.05) is 13.0 Å². The molecule has 0 spiro atoms. The van der Waals surface area contributed by atoms with Crippen molar-refractivity contribution in [3.05, 3.63) is 34.9 Å². The molecule has 1 heterocycles. The highest BCUT2D eigenvalue weighted by molar-refractivity contribution is 6.33. The van der Waals surface area contributed by atoms with Crippen LogP contribution in [-0.2, 0) is 4.74 Å². The molecule has 0 saturated carbocycles. The van der Waals surface area contributed by atoms with Crippen molar-refractivity contribution < 1.29 is 14.4 Å². The quantitative estimate of drug-likeness (QED) is 0.867. The summed E-state index contributed by atoms with van der Waals surface area (Å²) >= 11 is 6.03. The lowest BCUT2D eigenvalue weighted by atomic mass is 9.97. The van der Waals surface area contributed by atoms with E-state index < -0.39 is 0 Å². The number of quaternary nitrogens is 1. The molecule has 0 aromatic heterocycles. The van der Waals surface area contributed by atoms with Gasteiger partial charge in [-0.05, 0) is 52.2 Å². The first-order chi connectivity index (χ1) is 9.99. The standard InChI is InChI=1S/C17H24ClNO2/c1-12-7-6-8-13(2)19(12)11-14(3)21-17(20)15-9-4-5-10-16(15)18/h4-5,9-10,12-14H,6-8,11H2,1-3H3/p+1/t12-,13-,14-/m1/s1. The minimum Gasteiger partial charge on any atom is -0.453 e. The van der Waals surface area contributed by atoms with Crippen molar-refractivity contribution in [3.8, 4) is 0 Å². The van der Waals surface area contributed by atoms with Gasteiger partial charge in [0.1, 0.15) is 12.6 Å². The molecule has 116 valence electrons. The van der Waals surface area contributed by atoms with Gasteiger partial charge in [0.15, 0.2) is 0 Å². The van der Waals surface area contributed by atoms with Gasteiger partial charge in [-0.15, -0.1) is 0 Å². The van der Waals surface area contributed by atoms with E-state index in [2.05, 4.69) is 13.8 Å². The van der Waals surface area contributed by atoms with Gasteiger partial charge in [0.2, 0.25) is 0 Å². The van der Waals surface area contributed by atoms with E-state index in [4.69, 9.17) is 16.3 Å². The number of likely N-dealkylation sites (tertiary alicyclic amines) is 1. The maximum atomic E-state index is 12.2. The molecule has 0 bridgehead atoms. The van der Waals surface area contributed by atoms with Crippen molar-refractivity contribution in [2.75, 3.05) is 6.54 Å². The number of carbonyl (C=O) groups excluding carboxylic acids is 1. The molecule has 0 unspecified atom stereocenters. The van der Waals surface area contributed by atoms with Crippen LogP contribution in [0.15, 0.2) is 24.3 Å². The molecule has 0 aliphatic carbocycles. The average Bonchev–Trinajstić information content (AvgIpc) is 2.43. The number of rotatable bonds is 4. The van der Waals surface area contributed by atoms with E-state index in [9.17, 15) is 4.79 Å². The summed E-state index contributed by atoms with van der Waals surface area (Å²) in [5, 5.41) is 0.446. The molecule has 1 aliphatic heterocycles. The van der Waals surface area contributed by atoms with Crippen LogP contribution in [0.4, 0.5) is 0 Å². The van der Waals surface area contributed by atoms with Gasteiger partial charge in [-0.25, -0.2) is 4.79 Å². The fraction of sp³-hybridized carbons (Fsp3) is 0.588. The third-order valence-corrected chi connectivity index (χ3v) is 4.79. The Kier molecular flexibility index (Phi) is 5.65. The lowest BCUT2D eigenvalue weighted by Gasteiger charge is -2.37. The topological polar surface area (TPSA) is 30.7 Å². The number of halogens is 1. The third kappa shape index (κ3) is 4.21. The number of benzene rings is 1. The van der Waals surface area contributed by atoms with Crippen LogP contribution in [0.3, 0.4) is 0 Å². The Morgan fingerprint density at radius 2 is 1.95 bits per heavy atom. The van der Waals surface area contributed by atoms with Crippen LogP contribution < -0.4 is 4.90 Å². The molecule has 21 heavy (non-hydrogen) atoms. The van der Waals surface area contributed by atoms with Crippen LogP contribution in [0.5, 0.6) is 0 Å². The summed E-state index contributed by atoms with van der Waals surface area (Å²) in [5.74, 6) is -0.329. The summed E-state index contributed by atoms with van der Waals surface area (Å²) in [6.07, 6.45) is 3.71. The molecule has 1 saturated heterocycles. The van der Waals surface area contributed by atoms with Crippen molar-refractivity contribution in [1.29, 1.82) is 0 Å². The molecule has 1 fully saturated rings. The highest BCUT2D eigenvalue weighted by Crippen LogP contribution is 2.16. The van der Waals surface area contributed by atoms with E-state index in [0.717, 1.165) is 6.54 Å². The van der Waals surface area contributed by atoms with Crippen LogP contribution in [0.1, 0.15) is 50.4 Å². The summed E-state index contributed by atoms with van der Waals surface area (Å²) in [4.78, 5) is 13.7. The van der Waals surface area contributed by atoms with Crippen molar-refractivity contribution in [3.63, 3.8) is 0 Å². The van der Waals surface area contributed by atoms with Gasteiger partial charge in [-0.3, -0.25) is 0 Å². The minimum atomic E-state index is -0.329. The fourth-order valence-corrected chi connectivity index (χ4v) is 3.45. The molecular formula is C17H25ClNO2+. The number of nitrogens with one attached hydrogen (secondary N) is 1. The lowest BCUT2D eigenvalue weighted by Crippen LogP contribution is -3.20. The van der Waals surface area contributed by atoms with Gasteiger partial charge < -0.3 is 9.64 Å². The molecule has 1 aromatic rings. The Morgan fingerprint density at radius 3 is 2.57 bits per heavy atom. The molecule has 1 aromatic carbocycles. The summed E-state index contributed by atoms with van der Waals surface area (Å²) in [5.41, 5.74) is 0.445. The molecule has 0 amide bonds. The molecule has 4 heteroatoms. The second-order valence-electron chi connectivity index (χ2n) is 6.21. The van der Waals surface area contributed by atoms with Crippen molar-refractivity contribution >= 4 is 17.6 Å². The van der Waals surface area contributed by atoms with Crippen LogP contribution in [0.25, 0.3) is 0 Å². The number of carbonyl (C=O) groups is 1. The maximum absolute atomic E-state index is 12.2. The zero-order valence-corrected chi connectivity index (χ0v) is 13.8. The summed E-state index contributed by atoms with van der Waals surface area (Å²) in [7, 11) is 0. The van der Waals surface area contributed by atoms with Crippen molar-refractivity contribution in [2.45, 2.75) is 58.2 Å². The zero-order chi connectivity index (χ0) is 15.4. The van der Waals surface area contributed by atoms with E-state index in [1.165, 1.54) is 19.3 Å². The SMILES string of the molecule is C[C@H](C[NH+]1[C@H](C)CCC[C@H]1C)OC(=O)c1ccccc1Cl. The number of ether oxygens (including phenoxy) is 1. The molecule has 3 nitrogen and oxygen atoms in total. The van der Waals surface area contributed by atoms with Gasteiger partial charge in [0.05, 0.1) is 22.7 Å².